The van der Waals surface area contributed by atoms with Crippen molar-refractivity contribution in [2.75, 3.05) is 5.32 Å². The Labute approximate surface area is 158 Å². The van der Waals surface area contributed by atoms with Crippen molar-refractivity contribution >= 4 is 23.5 Å². The Balaban J connectivity index is 2.17. The number of nitrogens with one attached hydrogen (secondary N) is 2. The number of anilines is 1. The second-order valence-electron chi connectivity index (χ2n) is 6.84. The van der Waals surface area contributed by atoms with Crippen LogP contribution in [0, 0.1) is 12.8 Å². The van der Waals surface area contributed by atoms with E-state index in [4.69, 9.17) is 0 Å². The molecule has 2 rings (SSSR count). The fraction of sp³-hybridized carbons (Fsp3) is 0.286. The van der Waals surface area contributed by atoms with E-state index < -0.39 is 17.9 Å². The molecule has 6 heteroatoms. The van der Waals surface area contributed by atoms with Crippen molar-refractivity contribution < 1.29 is 19.5 Å². The average molecular weight is 368 g/mol. The van der Waals surface area contributed by atoms with Gasteiger partial charge in [0.05, 0.1) is 0 Å². The molecule has 0 spiro atoms. The molecule has 1 atom stereocenters. The Morgan fingerprint density at radius 1 is 0.963 bits per heavy atom. The summed E-state index contributed by atoms with van der Waals surface area (Å²) in [5.74, 6) is -1.70. The van der Waals surface area contributed by atoms with Crippen LogP contribution in [-0.2, 0) is 4.79 Å². The Morgan fingerprint density at radius 2 is 1.63 bits per heavy atom. The van der Waals surface area contributed by atoms with Gasteiger partial charge in [-0.1, -0.05) is 38.1 Å². The number of aryl methyl sites for hydroxylation is 1. The van der Waals surface area contributed by atoms with E-state index in [1.54, 1.807) is 42.5 Å². The summed E-state index contributed by atoms with van der Waals surface area (Å²) in [6.07, 6.45) is 0.338. The van der Waals surface area contributed by atoms with Crippen molar-refractivity contribution in [3.8, 4) is 0 Å². The van der Waals surface area contributed by atoms with Gasteiger partial charge in [-0.15, -0.1) is 0 Å². The van der Waals surface area contributed by atoms with E-state index in [0.717, 1.165) is 5.56 Å². The molecular formula is C21H24N2O4. The number of carboxylic acid groups (broad SMARTS) is 1. The van der Waals surface area contributed by atoms with Crippen molar-refractivity contribution in [2.24, 2.45) is 5.92 Å². The largest absolute Gasteiger partial charge is 0.480 e. The molecule has 1 unspecified atom stereocenters. The summed E-state index contributed by atoms with van der Waals surface area (Å²) < 4.78 is 0. The molecule has 142 valence electrons. The number of rotatable bonds is 7. The molecule has 0 aliphatic heterocycles. The highest BCUT2D eigenvalue weighted by molar-refractivity contribution is 6.05. The van der Waals surface area contributed by atoms with Crippen LogP contribution in [0.5, 0.6) is 0 Å². The van der Waals surface area contributed by atoms with Gasteiger partial charge >= 0.3 is 5.97 Å². The van der Waals surface area contributed by atoms with Crippen molar-refractivity contribution in [1.29, 1.82) is 0 Å². The standard InChI is InChI=1S/C21H24N2O4/c1-13(2)11-18(21(26)27)23-20(25)16-10-9-14(3)17(12-16)22-19(24)15-7-5-4-6-8-15/h4-10,12-13,18H,11H2,1-3H3,(H,22,24)(H,23,25)(H,26,27). The quantitative estimate of drug-likeness (QED) is 0.697. The molecule has 0 radical (unpaired) electrons. The summed E-state index contributed by atoms with van der Waals surface area (Å²) in [7, 11) is 0. The Kier molecular flexibility index (Phi) is 6.71. The lowest BCUT2D eigenvalue weighted by molar-refractivity contribution is -0.139. The number of aliphatic carboxylic acids is 1. The van der Waals surface area contributed by atoms with Gasteiger partial charge in [-0.05, 0) is 49.1 Å². The minimum atomic E-state index is -1.07. The van der Waals surface area contributed by atoms with E-state index in [1.165, 1.54) is 0 Å². The van der Waals surface area contributed by atoms with E-state index in [9.17, 15) is 19.5 Å². The third-order valence-corrected chi connectivity index (χ3v) is 4.09. The minimum Gasteiger partial charge on any atom is -0.480 e. The van der Waals surface area contributed by atoms with Gasteiger partial charge in [-0.3, -0.25) is 9.59 Å². The summed E-state index contributed by atoms with van der Waals surface area (Å²) in [4.78, 5) is 36.2. The Bertz CT molecular complexity index is 831. The topological polar surface area (TPSA) is 95.5 Å². The Hall–Kier alpha value is -3.15. The molecule has 0 saturated heterocycles. The van der Waals surface area contributed by atoms with Crippen molar-refractivity contribution in [3.63, 3.8) is 0 Å². The monoisotopic (exact) mass is 368 g/mol. The Morgan fingerprint density at radius 3 is 2.22 bits per heavy atom. The molecule has 6 nitrogen and oxygen atoms in total. The molecule has 0 aliphatic rings. The van der Waals surface area contributed by atoms with Crippen LogP contribution in [0.15, 0.2) is 48.5 Å². The highest BCUT2D eigenvalue weighted by atomic mass is 16.4. The van der Waals surface area contributed by atoms with Gasteiger partial charge in [-0.25, -0.2) is 4.79 Å². The molecular weight excluding hydrogens is 344 g/mol. The minimum absolute atomic E-state index is 0.130. The van der Waals surface area contributed by atoms with Crippen molar-refractivity contribution in [1.82, 2.24) is 5.32 Å². The summed E-state index contributed by atoms with van der Waals surface area (Å²) in [5, 5.41) is 14.6. The molecule has 0 bridgehead atoms. The zero-order chi connectivity index (χ0) is 20.0. The first kappa shape index (κ1) is 20.2. The molecule has 27 heavy (non-hydrogen) atoms. The highest BCUT2D eigenvalue weighted by Crippen LogP contribution is 2.18. The molecule has 2 aromatic carbocycles. The number of amides is 2. The number of carboxylic acids is 1. The van der Waals surface area contributed by atoms with Gasteiger partial charge in [-0.2, -0.15) is 0 Å². The van der Waals surface area contributed by atoms with Gasteiger partial charge in [0.25, 0.3) is 11.8 Å². The lowest BCUT2D eigenvalue weighted by Crippen LogP contribution is -2.41. The maximum atomic E-state index is 12.5. The predicted molar refractivity (Wildman–Crippen MR) is 104 cm³/mol. The zero-order valence-corrected chi connectivity index (χ0v) is 15.7. The van der Waals surface area contributed by atoms with Crippen LogP contribution < -0.4 is 10.6 Å². The highest BCUT2D eigenvalue weighted by Gasteiger charge is 2.22. The van der Waals surface area contributed by atoms with E-state index >= 15 is 0 Å². The maximum Gasteiger partial charge on any atom is 0.326 e. The third kappa shape index (κ3) is 5.67. The SMILES string of the molecule is Cc1ccc(C(=O)NC(CC(C)C)C(=O)O)cc1NC(=O)c1ccccc1. The number of hydrogen-bond donors (Lipinski definition) is 3. The fourth-order valence-electron chi connectivity index (χ4n) is 2.62. The molecule has 0 heterocycles. The maximum absolute atomic E-state index is 12.5. The number of benzene rings is 2. The van der Waals surface area contributed by atoms with Crippen LogP contribution in [0.4, 0.5) is 5.69 Å². The average Bonchev–Trinajstić information content (AvgIpc) is 2.63. The number of carbonyl (C=O) groups excluding carboxylic acids is 2. The first-order chi connectivity index (χ1) is 12.8. The van der Waals surface area contributed by atoms with Crippen molar-refractivity contribution in [3.05, 3.63) is 65.2 Å². The van der Waals surface area contributed by atoms with Crippen LogP contribution in [0.2, 0.25) is 0 Å². The lowest BCUT2D eigenvalue weighted by atomic mass is 10.0. The van der Waals surface area contributed by atoms with E-state index in [0.29, 0.717) is 23.2 Å². The van der Waals surface area contributed by atoms with Crippen LogP contribution in [0.25, 0.3) is 0 Å². The van der Waals surface area contributed by atoms with E-state index in [-0.39, 0.29) is 11.8 Å². The third-order valence-electron chi connectivity index (χ3n) is 4.09. The summed E-state index contributed by atoms with van der Waals surface area (Å²) in [5.41, 5.74) is 2.11. The van der Waals surface area contributed by atoms with Crippen LogP contribution in [0.1, 0.15) is 46.5 Å². The number of hydrogen-bond acceptors (Lipinski definition) is 3. The number of carbonyl (C=O) groups is 3. The van der Waals surface area contributed by atoms with Gasteiger partial charge in [0.15, 0.2) is 0 Å². The second-order valence-corrected chi connectivity index (χ2v) is 6.84. The first-order valence-corrected chi connectivity index (χ1v) is 8.78. The van der Waals surface area contributed by atoms with Crippen LogP contribution in [0.3, 0.4) is 0 Å². The zero-order valence-electron chi connectivity index (χ0n) is 15.7. The molecule has 0 aliphatic carbocycles. The normalized spacial score (nSPS) is 11.7. The van der Waals surface area contributed by atoms with Gasteiger partial charge in [0.1, 0.15) is 6.04 Å². The molecule has 3 N–H and O–H groups in total. The van der Waals surface area contributed by atoms with E-state index in [2.05, 4.69) is 10.6 Å². The molecule has 2 amide bonds. The second kappa shape index (κ2) is 8.98. The smallest absolute Gasteiger partial charge is 0.326 e. The summed E-state index contributed by atoms with van der Waals surface area (Å²) >= 11 is 0. The van der Waals surface area contributed by atoms with Gasteiger partial charge < -0.3 is 15.7 Å². The fourth-order valence-corrected chi connectivity index (χ4v) is 2.62. The lowest BCUT2D eigenvalue weighted by Gasteiger charge is -2.17. The summed E-state index contributed by atoms with van der Waals surface area (Å²) in [6, 6.07) is 12.7. The molecule has 0 saturated carbocycles. The van der Waals surface area contributed by atoms with Gasteiger partial charge in [0.2, 0.25) is 0 Å². The first-order valence-electron chi connectivity index (χ1n) is 8.78. The van der Waals surface area contributed by atoms with Crippen LogP contribution in [-0.4, -0.2) is 28.9 Å². The molecule has 0 aromatic heterocycles. The van der Waals surface area contributed by atoms with E-state index in [1.807, 2.05) is 26.8 Å². The van der Waals surface area contributed by atoms with Crippen LogP contribution >= 0.6 is 0 Å². The van der Waals surface area contributed by atoms with Gasteiger partial charge in [0, 0.05) is 16.8 Å². The summed E-state index contributed by atoms with van der Waals surface area (Å²) in [6.45, 7) is 5.61. The molecule has 0 fully saturated rings. The predicted octanol–water partition coefficient (Wildman–Crippen LogP) is 3.48. The molecule has 2 aromatic rings. The van der Waals surface area contributed by atoms with Crippen molar-refractivity contribution in [2.45, 2.75) is 33.2 Å².